The zero-order valence-corrected chi connectivity index (χ0v) is 16.0. The van der Waals surface area contributed by atoms with Crippen molar-refractivity contribution in [3.05, 3.63) is 76.5 Å². The summed E-state index contributed by atoms with van der Waals surface area (Å²) in [6.45, 7) is 0. The van der Waals surface area contributed by atoms with E-state index in [1.807, 2.05) is 0 Å². The number of ether oxygens (including phenoxy) is 1. The lowest BCUT2D eigenvalue weighted by Gasteiger charge is -2.19. The van der Waals surface area contributed by atoms with Crippen LogP contribution in [0.2, 0.25) is 0 Å². The van der Waals surface area contributed by atoms with E-state index in [1.165, 1.54) is 18.4 Å². The molecule has 2 amide bonds. The van der Waals surface area contributed by atoms with Crippen LogP contribution in [0, 0.1) is 0 Å². The number of carbonyl (C=O) groups is 2. The number of hydrogen-bond acceptors (Lipinski definition) is 5. The summed E-state index contributed by atoms with van der Waals surface area (Å²) in [6.07, 6.45) is 0.276. The van der Waals surface area contributed by atoms with Gasteiger partial charge < -0.3 is 20.5 Å². The molecule has 0 aliphatic rings. The number of hydrogen-bond donors (Lipinski definition) is 3. The number of carbonyl (C=O) groups excluding carboxylic acids is 2. The second-order valence-corrected chi connectivity index (χ2v) is 7.01. The van der Waals surface area contributed by atoms with Gasteiger partial charge in [0.2, 0.25) is 5.91 Å². The van der Waals surface area contributed by atoms with Crippen LogP contribution in [0.25, 0.3) is 0 Å². The molecule has 6 nitrogen and oxygen atoms in total. The largest absolute Gasteiger partial charge is 0.508 e. The van der Waals surface area contributed by atoms with E-state index in [0.717, 1.165) is 5.56 Å². The van der Waals surface area contributed by atoms with Crippen LogP contribution in [-0.4, -0.2) is 30.1 Å². The van der Waals surface area contributed by atoms with Gasteiger partial charge in [-0.2, -0.15) is 0 Å². The van der Waals surface area contributed by atoms with Gasteiger partial charge in [0.25, 0.3) is 5.91 Å². The minimum Gasteiger partial charge on any atom is -0.508 e. The van der Waals surface area contributed by atoms with Crippen LogP contribution in [0.15, 0.2) is 66.0 Å². The van der Waals surface area contributed by atoms with E-state index >= 15 is 0 Å². The van der Waals surface area contributed by atoms with E-state index < -0.39 is 6.04 Å². The Morgan fingerprint density at radius 3 is 2.50 bits per heavy atom. The van der Waals surface area contributed by atoms with Crippen LogP contribution in [0.3, 0.4) is 0 Å². The number of amides is 2. The fourth-order valence-corrected chi connectivity index (χ4v) is 3.31. The number of rotatable bonds is 7. The minimum absolute atomic E-state index is 0.140. The second-order valence-electron chi connectivity index (χ2n) is 6.06. The van der Waals surface area contributed by atoms with E-state index in [1.54, 1.807) is 66.0 Å². The van der Waals surface area contributed by atoms with Gasteiger partial charge in [-0.25, -0.2) is 0 Å². The van der Waals surface area contributed by atoms with Crippen molar-refractivity contribution in [2.45, 2.75) is 12.5 Å². The number of thiophene rings is 1. The number of nitrogens with one attached hydrogen (secondary N) is 2. The maximum atomic E-state index is 12.9. The van der Waals surface area contributed by atoms with E-state index in [-0.39, 0.29) is 24.0 Å². The summed E-state index contributed by atoms with van der Waals surface area (Å²) in [7, 11) is 1.53. The number of methoxy groups -OCH3 is 1. The van der Waals surface area contributed by atoms with Crippen molar-refractivity contribution in [1.82, 2.24) is 5.32 Å². The Balaban J connectivity index is 1.80. The van der Waals surface area contributed by atoms with Gasteiger partial charge in [-0.15, -0.1) is 11.3 Å². The molecule has 7 heteroatoms. The van der Waals surface area contributed by atoms with Crippen LogP contribution < -0.4 is 15.4 Å². The molecular formula is C21H20N2O4S. The van der Waals surface area contributed by atoms with Crippen molar-refractivity contribution < 1.29 is 19.4 Å². The van der Waals surface area contributed by atoms with Crippen LogP contribution in [0.5, 0.6) is 11.5 Å². The lowest BCUT2D eigenvalue weighted by molar-refractivity contribution is -0.118. The third kappa shape index (κ3) is 4.89. The van der Waals surface area contributed by atoms with Gasteiger partial charge in [0.15, 0.2) is 0 Å². The predicted octanol–water partition coefficient (Wildman–Crippen LogP) is 3.44. The van der Waals surface area contributed by atoms with E-state index in [0.29, 0.717) is 16.3 Å². The van der Waals surface area contributed by atoms with Crippen LogP contribution in [0.1, 0.15) is 15.2 Å². The highest BCUT2D eigenvalue weighted by molar-refractivity contribution is 7.12. The molecule has 3 rings (SSSR count). The average molecular weight is 396 g/mol. The fourth-order valence-electron chi connectivity index (χ4n) is 2.68. The number of anilines is 1. The molecule has 3 aromatic rings. The van der Waals surface area contributed by atoms with E-state index in [4.69, 9.17) is 4.74 Å². The molecule has 0 fully saturated rings. The molecule has 0 spiro atoms. The normalized spacial score (nSPS) is 11.5. The lowest BCUT2D eigenvalue weighted by atomic mass is 10.0. The predicted molar refractivity (Wildman–Crippen MR) is 109 cm³/mol. The number of aromatic hydroxyl groups is 1. The van der Waals surface area contributed by atoms with Crippen molar-refractivity contribution in [2.75, 3.05) is 12.4 Å². The Kier molecular flexibility index (Phi) is 6.29. The number of benzene rings is 2. The van der Waals surface area contributed by atoms with Crippen molar-refractivity contribution in [2.24, 2.45) is 0 Å². The summed E-state index contributed by atoms with van der Waals surface area (Å²) >= 11 is 1.31. The van der Waals surface area contributed by atoms with E-state index in [9.17, 15) is 14.7 Å². The second kappa shape index (κ2) is 9.05. The minimum atomic E-state index is -0.802. The monoisotopic (exact) mass is 396 g/mol. The highest BCUT2D eigenvalue weighted by Gasteiger charge is 2.23. The fraction of sp³-hybridized carbons (Fsp3) is 0.143. The van der Waals surface area contributed by atoms with Gasteiger partial charge >= 0.3 is 0 Å². The van der Waals surface area contributed by atoms with Crippen LogP contribution in [0.4, 0.5) is 5.69 Å². The average Bonchev–Trinajstić information content (AvgIpc) is 3.24. The molecule has 0 bridgehead atoms. The van der Waals surface area contributed by atoms with Crippen LogP contribution in [-0.2, 0) is 11.2 Å². The molecular weight excluding hydrogens is 376 g/mol. The molecule has 3 N–H and O–H groups in total. The summed E-state index contributed by atoms with van der Waals surface area (Å²) < 4.78 is 5.27. The Morgan fingerprint density at radius 1 is 1.07 bits per heavy atom. The number of phenolic OH excluding ortho intramolecular Hbond substituents is 1. The lowest BCUT2D eigenvalue weighted by Crippen LogP contribution is -2.45. The van der Waals surface area contributed by atoms with Crippen molar-refractivity contribution >= 4 is 28.8 Å². The maximum Gasteiger partial charge on any atom is 0.262 e. The third-order valence-corrected chi connectivity index (χ3v) is 4.98. The summed E-state index contributed by atoms with van der Waals surface area (Å²) in [5.41, 5.74) is 1.33. The molecule has 0 saturated carbocycles. The number of para-hydroxylation sites is 2. The van der Waals surface area contributed by atoms with Crippen molar-refractivity contribution in [1.29, 1.82) is 0 Å². The molecule has 1 atom stereocenters. The first kappa shape index (κ1) is 19.4. The Bertz CT molecular complexity index is 939. The van der Waals surface area contributed by atoms with E-state index in [2.05, 4.69) is 10.6 Å². The van der Waals surface area contributed by atoms with Gasteiger partial charge in [0, 0.05) is 6.42 Å². The number of phenols is 1. The summed E-state index contributed by atoms with van der Waals surface area (Å²) in [5, 5.41) is 16.9. The SMILES string of the molecule is COc1ccccc1NC(=O)[C@@H](Cc1ccc(O)cc1)NC(=O)c1cccs1. The molecule has 2 aromatic carbocycles. The first-order valence-corrected chi connectivity index (χ1v) is 9.51. The first-order chi connectivity index (χ1) is 13.6. The van der Waals surface area contributed by atoms with Gasteiger partial charge in [-0.05, 0) is 41.3 Å². The molecule has 0 saturated heterocycles. The van der Waals surface area contributed by atoms with Gasteiger partial charge in [0.05, 0.1) is 17.7 Å². The molecule has 0 radical (unpaired) electrons. The van der Waals surface area contributed by atoms with Gasteiger partial charge in [0.1, 0.15) is 17.5 Å². The molecule has 144 valence electrons. The van der Waals surface area contributed by atoms with Crippen molar-refractivity contribution in [3.8, 4) is 11.5 Å². The zero-order chi connectivity index (χ0) is 19.9. The highest BCUT2D eigenvalue weighted by Crippen LogP contribution is 2.23. The zero-order valence-electron chi connectivity index (χ0n) is 15.2. The highest BCUT2D eigenvalue weighted by atomic mass is 32.1. The Labute approximate surface area is 166 Å². The topological polar surface area (TPSA) is 87.7 Å². The standard InChI is InChI=1S/C21H20N2O4S/c1-27-18-6-3-2-5-16(18)22-20(25)17(13-14-8-10-15(24)11-9-14)23-21(26)19-7-4-12-28-19/h2-12,17,24H,13H2,1H3,(H,22,25)(H,23,26)/t17-/m1/s1. The van der Waals surface area contributed by atoms with Gasteiger partial charge in [-0.1, -0.05) is 30.3 Å². The molecule has 28 heavy (non-hydrogen) atoms. The third-order valence-electron chi connectivity index (χ3n) is 4.11. The summed E-state index contributed by atoms with van der Waals surface area (Å²) in [4.78, 5) is 26.0. The maximum absolute atomic E-state index is 12.9. The molecule has 0 aliphatic heterocycles. The molecule has 1 heterocycles. The quantitative estimate of drug-likeness (QED) is 0.571. The van der Waals surface area contributed by atoms with Crippen molar-refractivity contribution in [3.63, 3.8) is 0 Å². The smallest absolute Gasteiger partial charge is 0.262 e. The molecule has 0 aliphatic carbocycles. The van der Waals surface area contributed by atoms with Crippen LogP contribution >= 0.6 is 11.3 Å². The summed E-state index contributed by atoms with van der Waals surface area (Å²) in [6, 6.07) is 16.3. The van der Waals surface area contributed by atoms with Gasteiger partial charge in [-0.3, -0.25) is 9.59 Å². The Hall–Kier alpha value is -3.32. The molecule has 0 unspecified atom stereocenters. The Morgan fingerprint density at radius 2 is 1.82 bits per heavy atom. The first-order valence-electron chi connectivity index (χ1n) is 8.63. The summed E-state index contributed by atoms with van der Waals surface area (Å²) in [5.74, 6) is 0.00153. The molecule has 1 aromatic heterocycles.